The Morgan fingerprint density at radius 3 is 2.30 bits per heavy atom. The van der Waals surface area contributed by atoms with E-state index in [2.05, 4.69) is 16.9 Å². The van der Waals surface area contributed by atoms with Crippen molar-refractivity contribution in [2.75, 3.05) is 27.3 Å². The van der Waals surface area contributed by atoms with E-state index in [-0.39, 0.29) is 0 Å². The first kappa shape index (κ1) is 28.1. The van der Waals surface area contributed by atoms with Crippen LogP contribution in [-0.2, 0) is 23.0 Å². The number of benzene rings is 3. The average molecular weight is 578 g/mol. The van der Waals surface area contributed by atoms with Crippen molar-refractivity contribution in [1.82, 2.24) is 8.87 Å². The molecule has 1 aliphatic heterocycles. The zero-order valence-electron chi connectivity index (χ0n) is 23.1. The molecule has 1 fully saturated rings. The van der Waals surface area contributed by atoms with Crippen molar-refractivity contribution in [3.05, 3.63) is 88.5 Å². The molecular weight excluding hydrogens is 542 g/mol. The third-order valence-electron chi connectivity index (χ3n) is 7.38. The summed E-state index contributed by atoms with van der Waals surface area (Å²) in [6, 6.07) is 23.1. The summed E-state index contributed by atoms with van der Waals surface area (Å²) in [6.07, 6.45) is 2.56. The maximum atomic E-state index is 13.3. The van der Waals surface area contributed by atoms with Crippen LogP contribution in [0.1, 0.15) is 25.3 Å². The van der Waals surface area contributed by atoms with Gasteiger partial charge in [0.15, 0.2) is 16.3 Å². The van der Waals surface area contributed by atoms with E-state index in [1.54, 1.807) is 42.0 Å². The van der Waals surface area contributed by atoms with Gasteiger partial charge < -0.3 is 14.0 Å². The number of nitrogens with zero attached hydrogens (tertiary/aromatic N) is 3. The number of aromatic nitrogens is 1. The van der Waals surface area contributed by atoms with Crippen LogP contribution >= 0.6 is 11.3 Å². The van der Waals surface area contributed by atoms with E-state index in [1.165, 1.54) is 0 Å². The van der Waals surface area contributed by atoms with Crippen LogP contribution < -0.4 is 14.3 Å². The van der Waals surface area contributed by atoms with E-state index in [1.807, 2.05) is 60.7 Å². The highest BCUT2D eigenvalue weighted by Gasteiger charge is 2.28. The molecule has 210 valence electrons. The molecule has 1 aromatic heterocycles. The van der Waals surface area contributed by atoms with E-state index in [0.29, 0.717) is 41.9 Å². The molecule has 0 unspecified atom stereocenters. The Bertz CT molecular complexity index is 1600. The molecule has 0 spiro atoms. The summed E-state index contributed by atoms with van der Waals surface area (Å²) < 4.78 is 41.2. The van der Waals surface area contributed by atoms with Crippen molar-refractivity contribution >= 4 is 27.0 Å². The molecule has 3 aromatic carbocycles. The van der Waals surface area contributed by atoms with Crippen molar-refractivity contribution in [3.8, 4) is 22.8 Å². The second-order valence-electron chi connectivity index (χ2n) is 10.1. The van der Waals surface area contributed by atoms with Crippen molar-refractivity contribution in [2.24, 2.45) is 10.9 Å². The predicted molar refractivity (Wildman–Crippen MR) is 160 cm³/mol. The number of piperidine rings is 1. The number of methoxy groups -OCH3 is 2. The Balaban J connectivity index is 1.46. The Hall–Kier alpha value is -3.40. The van der Waals surface area contributed by atoms with Crippen molar-refractivity contribution in [3.63, 3.8) is 0 Å². The number of aryl methyl sites for hydroxylation is 1. The number of hydrogen-bond donors (Lipinski definition) is 0. The molecule has 0 aliphatic carbocycles. The number of sulfonamides is 1. The molecule has 2 heterocycles. The highest BCUT2D eigenvalue weighted by molar-refractivity contribution is 7.89. The molecule has 0 saturated carbocycles. The Labute approximate surface area is 240 Å². The van der Waals surface area contributed by atoms with Gasteiger partial charge in [-0.15, -0.1) is 11.3 Å². The molecule has 5 rings (SSSR count). The van der Waals surface area contributed by atoms with Gasteiger partial charge in [0.1, 0.15) is 0 Å². The summed E-state index contributed by atoms with van der Waals surface area (Å²) in [5.74, 6) is 1.96. The quantitative estimate of drug-likeness (QED) is 0.240. The van der Waals surface area contributed by atoms with Gasteiger partial charge in [0.2, 0.25) is 10.0 Å². The second kappa shape index (κ2) is 12.4. The molecule has 0 amide bonds. The van der Waals surface area contributed by atoms with E-state index in [0.717, 1.165) is 46.6 Å². The fourth-order valence-electron chi connectivity index (χ4n) is 4.93. The summed E-state index contributed by atoms with van der Waals surface area (Å²) in [4.78, 5) is 6.13. The van der Waals surface area contributed by atoms with Gasteiger partial charge in [0, 0.05) is 25.0 Å². The van der Waals surface area contributed by atoms with Crippen LogP contribution in [0.15, 0.2) is 88.1 Å². The Morgan fingerprint density at radius 2 is 1.62 bits per heavy atom. The number of thiazole rings is 1. The molecule has 0 radical (unpaired) electrons. The first-order valence-electron chi connectivity index (χ1n) is 13.5. The molecule has 0 N–H and O–H groups in total. The van der Waals surface area contributed by atoms with E-state index in [9.17, 15) is 8.42 Å². The van der Waals surface area contributed by atoms with Gasteiger partial charge in [-0.3, -0.25) is 0 Å². The van der Waals surface area contributed by atoms with Crippen LogP contribution in [0.25, 0.3) is 11.3 Å². The molecule has 4 aromatic rings. The Morgan fingerprint density at radius 1 is 0.925 bits per heavy atom. The third kappa shape index (κ3) is 6.16. The molecular formula is C31H35N3O4S2. The van der Waals surface area contributed by atoms with Gasteiger partial charge >= 0.3 is 0 Å². The fraction of sp³-hybridized carbons (Fsp3) is 0.323. The van der Waals surface area contributed by atoms with Gasteiger partial charge in [-0.05, 0) is 72.7 Å². The third-order valence-corrected chi connectivity index (χ3v) is 10.2. The summed E-state index contributed by atoms with van der Waals surface area (Å²) in [7, 11) is -0.231. The lowest BCUT2D eigenvalue weighted by molar-refractivity contribution is 0.288. The topological polar surface area (TPSA) is 73.1 Å². The minimum absolute atomic E-state index is 0.340. The monoisotopic (exact) mass is 577 g/mol. The summed E-state index contributed by atoms with van der Waals surface area (Å²) >= 11 is 1.57. The highest BCUT2D eigenvalue weighted by atomic mass is 32.2. The molecule has 7 nitrogen and oxygen atoms in total. The van der Waals surface area contributed by atoms with Crippen LogP contribution in [0.5, 0.6) is 11.5 Å². The van der Waals surface area contributed by atoms with E-state index in [4.69, 9.17) is 14.5 Å². The fourth-order valence-corrected chi connectivity index (χ4v) is 7.35. The van der Waals surface area contributed by atoms with E-state index >= 15 is 0 Å². The standard InChI is InChI=1S/C31H35N3O4S2/c1-23-15-18-33(19-16-23)40(35,36)27-12-10-25(11-13-27)28-22-39-31(32-26-7-5-4-6-8-26)34(28)20-17-24-9-14-29(37-2)30(21-24)38-3/h4-14,21-23H,15-20H2,1-3H3. The zero-order chi connectivity index (χ0) is 28.1. The van der Waals surface area contributed by atoms with Crippen molar-refractivity contribution in [2.45, 2.75) is 37.6 Å². The predicted octanol–water partition coefficient (Wildman–Crippen LogP) is 6.13. The summed E-state index contributed by atoms with van der Waals surface area (Å²) in [5.41, 5.74) is 3.94. The lowest BCUT2D eigenvalue weighted by Gasteiger charge is -2.29. The van der Waals surface area contributed by atoms with Crippen LogP contribution in [0.3, 0.4) is 0 Å². The molecule has 40 heavy (non-hydrogen) atoms. The minimum Gasteiger partial charge on any atom is -0.493 e. The highest BCUT2D eigenvalue weighted by Crippen LogP contribution is 2.29. The normalized spacial score (nSPS) is 15.3. The molecule has 0 atom stereocenters. The van der Waals surface area contributed by atoms with Gasteiger partial charge in [0.05, 0.1) is 30.5 Å². The van der Waals surface area contributed by atoms with Crippen molar-refractivity contribution < 1.29 is 17.9 Å². The van der Waals surface area contributed by atoms with Crippen LogP contribution in [0.4, 0.5) is 5.69 Å². The summed E-state index contributed by atoms with van der Waals surface area (Å²) in [5, 5.41) is 2.09. The van der Waals surface area contributed by atoms with Gasteiger partial charge in [-0.2, -0.15) is 4.31 Å². The van der Waals surface area contributed by atoms with Crippen LogP contribution in [-0.4, -0.2) is 44.6 Å². The average Bonchev–Trinajstić information content (AvgIpc) is 3.38. The maximum Gasteiger partial charge on any atom is 0.243 e. The van der Waals surface area contributed by atoms with Crippen molar-refractivity contribution in [1.29, 1.82) is 0 Å². The number of rotatable bonds is 9. The molecule has 1 aliphatic rings. The molecule has 1 saturated heterocycles. The molecule has 0 bridgehead atoms. The first-order valence-corrected chi connectivity index (χ1v) is 15.8. The minimum atomic E-state index is -3.50. The van der Waals surface area contributed by atoms with Crippen LogP contribution in [0, 0.1) is 5.92 Å². The number of para-hydroxylation sites is 1. The maximum absolute atomic E-state index is 13.3. The van der Waals surface area contributed by atoms with Gasteiger partial charge in [-0.25, -0.2) is 13.4 Å². The lowest BCUT2D eigenvalue weighted by atomic mass is 10.0. The van der Waals surface area contributed by atoms with E-state index < -0.39 is 10.0 Å². The van der Waals surface area contributed by atoms with Gasteiger partial charge in [-0.1, -0.05) is 43.3 Å². The number of hydrogen-bond acceptors (Lipinski definition) is 6. The summed E-state index contributed by atoms with van der Waals surface area (Å²) in [6.45, 7) is 4.02. The lowest BCUT2D eigenvalue weighted by Crippen LogP contribution is -2.37. The molecule has 9 heteroatoms. The second-order valence-corrected chi connectivity index (χ2v) is 12.8. The number of ether oxygens (including phenoxy) is 2. The Kier molecular flexibility index (Phi) is 8.73. The SMILES string of the molecule is COc1ccc(CCn2c(-c3ccc(S(=O)(=O)N4CCC(C)CC4)cc3)csc2=Nc2ccccc2)cc1OC. The van der Waals surface area contributed by atoms with Crippen LogP contribution in [0.2, 0.25) is 0 Å². The smallest absolute Gasteiger partial charge is 0.243 e. The first-order chi connectivity index (χ1) is 19.4. The van der Waals surface area contributed by atoms with Gasteiger partial charge in [0.25, 0.3) is 0 Å². The zero-order valence-corrected chi connectivity index (χ0v) is 24.7. The largest absolute Gasteiger partial charge is 0.493 e.